The highest BCUT2D eigenvalue weighted by Crippen LogP contribution is 2.44. The Labute approximate surface area is 224 Å². The van der Waals surface area contributed by atoms with Crippen LogP contribution in [0.5, 0.6) is 17.2 Å². The number of methoxy groups -OCH3 is 1. The molecule has 2 N–H and O–H groups in total. The Bertz CT molecular complexity index is 1620. The third-order valence-electron chi connectivity index (χ3n) is 5.58. The Morgan fingerprint density at radius 3 is 2.49 bits per heavy atom. The van der Waals surface area contributed by atoms with Crippen LogP contribution in [-0.4, -0.2) is 33.3 Å². The zero-order valence-corrected chi connectivity index (χ0v) is 23.3. The summed E-state index contributed by atoms with van der Waals surface area (Å²) in [6.07, 6.45) is 0.149. The summed E-state index contributed by atoms with van der Waals surface area (Å²) in [6, 6.07) is 11.7. The van der Waals surface area contributed by atoms with Gasteiger partial charge in [0.1, 0.15) is 11.5 Å². The number of hydrogen-bond donors (Lipinski definition) is 2. The first kappa shape index (κ1) is 26.7. The molecule has 0 aliphatic heterocycles. The molecule has 1 heterocycles. The molecular formula is C26H26ClN3O5S2. The predicted octanol–water partition coefficient (Wildman–Crippen LogP) is 6.34. The fraction of sp³-hybridized carbons (Fsp3) is 0.231. The molecule has 0 unspecified atom stereocenters. The second kappa shape index (κ2) is 10.6. The van der Waals surface area contributed by atoms with Gasteiger partial charge < -0.3 is 14.8 Å². The van der Waals surface area contributed by atoms with E-state index >= 15 is 0 Å². The largest absolute Gasteiger partial charge is 0.493 e. The number of Topliss-reactive ketones (excluding diaryl/α,β-unsaturated/α-hetero) is 1. The summed E-state index contributed by atoms with van der Waals surface area (Å²) in [7, 11) is -0.759. The minimum atomic E-state index is -3.97. The number of hydrogen-bond acceptors (Lipinski definition) is 8. The van der Waals surface area contributed by atoms with Crippen molar-refractivity contribution in [3.05, 3.63) is 64.2 Å². The number of carbonyl (C=O) groups is 1. The Morgan fingerprint density at radius 1 is 1.08 bits per heavy atom. The van der Waals surface area contributed by atoms with Gasteiger partial charge in [0, 0.05) is 24.6 Å². The molecule has 0 amide bonds. The first-order valence-electron chi connectivity index (χ1n) is 11.3. The number of ketones is 1. The van der Waals surface area contributed by atoms with E-state index in [1.807, 2.05) is 13.0 Å². The van der Waals surface area contributed by atoms with E-state index in [0.29, 0.717) is 37.2 Å². The van der Waals surface area contributed by atoms with Crippen LogP contribution < -0.4 is 19.5 Å². The van der Waals surface area contributed by atoms with Gasteiger partial charge in [0.2, 0.25) is 0 Å². The average Bonchev–Trinajstić information content (AvgIpc) is 3.25. The lowest BCUT2D eigenvalue weighted by atomic mass is 10.1. The number of sulfonamides is 1. The standard InChI is InChI=1S/C26H26ClN3O5S2/c1-14-6-9-23(15(2)10-14)37(32,33)30-24-20(8-7-19-25(24)36-26(28-4)29-19)35-22-13-18(27)17(11-16(3)31)12-21(22)34-5/h6-10,12-13,30H,11H2,1-5H3,(H,28,29). The Hall–Kier alpha value is -3.34. The highest BCUT2D eigenvalue weighted by Gasteiger charge is 2.24. The van der Waals surface area contributed by atoms with Crippen molar-refractivity contribution >= 4 is 59.8 Å². The van der Waals surface area contributed by atoms with Crippen LogP contribution in [0.25, 0.3) is 10.2 Å². The summed E-state index contributed by atoms with van der Waals surface area (Å²) >= 11 is 7.72. The molecule has 0 fully saturated rings. The minimum Gasteiger partial charge on any atom is -0.493 e. The molecule has 37 heavy (non-hydrogen) atoms. The van der Waals surface area contributed by atoms with E-state index in [9.17, 15) is 13.2 Å². The van der Waals surface area contributed by atoms with Crippen molar-refractivity contribution in [2.24, 2.45) is 0 Å². The van der Waals surface area contributed by atoms with Crippen molar-refractivity contribution in [2.75, 3.05) is 24.2 Å². The molecule has 0 radical (unpaired) electrons. The molecule has 0 bridgehead atoms. The Kier molecular flexibility index (Phi) is 7.63. The zero-order chi connectivity index (χ0) is 26.9. The first-order chi connectivity index (χ1) is 17.5. The van der Waals surface area contributed by atoms with Crippen LogP contribution >= 0.6 is 22.9 Å². The van der Waals surface area contributed by atoms with Crippen molar-refractivity contribution in [3.63, 3.8) is 0 Å². The number of halogens is 1. The topological polar surface area (TPSA) is 107 Å². The average molecular weight is 560 g/mol. The van der Waals surface area contributed by atoms with Crippen LogP contribution in [0.3, 0.4) is 0 Å². The van der Waals surface area contributed by atoms with Gasteiger partial charge in [-0.25, -0.2) is 13.4 Å². The van der Waals surface area contributed by atoms with Gasteiger partial charge in [0.25, 0.3) is 10.0 Å². The van der Waals surface area contributed by atoms with Crippen molar-refractivity contribution in [1.82, 2.24) is 4.98 Å². The van der Waals surface area contributed by atoms with Gasteiger partial charge in [-0.05, 0) is 56.2 Å². The Morgan fingerprint density at radius 2 is 1.84 bits per heavy atom. The van der Waals surface area contributed by atoms with E-state index in [1.165, 1.54) is 25.4 Å². The number of rotatable bonds is 9. The van der Waals surface area contributed by atoms with Crippen LogP contribution in [0.1, 0.15) is 23.6 Å². The van der Waals surface area contributed by atoms with Crippen LogP contribution in [0.15, 0.2) is 47.4 Å². The second-order valence-electron chi connectivity index (χ2n) is 8.51. The van der Waals surface area contributed by atoms with E-state index in [1.54, 1.807) is 50.4 Å². The van der Waals surface area contributed by atoms with Gasteiger partial charge in [0.15, 0.2) is 22.4 Å². The molecule has 8 nitrogen and oxygen atoms in total. The van der Waals surface area contributed by atoms with Gasteiger partial charge >= 0.3 is 0 Å². The van der Waals surface area contributed by atoms with E-state index in [0.717, 1.165) is 5.56 Å². The fourth-order valence-corrected chi connectivity index (χ4v) is 6.40. The highest BCUT2D eigenvalue weighted by atomic mass is 35.5. The van der Waals surface area contributed by atoms with E-state index < -0.39 is 10.0 Å². The molecule has 0 saturated carbocycles. The zero-order valence-electron chi connectivity index (χ0n) is 20.9. The summed E-state index contributed by atoms with van der Waals surface area (Å²) in [4.78, 5) is 16.3. The third-order valence-corrected chi connectivity index (χ3v) is 8.55. The van der Waals surface area contributed by atoms with Gasteiger partial charge in [0.05, 0.1) is 22.2 Å². The molecule has 0 atom stereocenters. The van der Waals surface area contributed by atoms with Crippen LogP contribution in [-0.2, 0) is 21.2 Å². The number of carbonyl (C=O) groups excluding carboxylic acids is 1. The van der Waals surface area contributed by atoms with Crippen molar-refractivity contribution in [1.29, 1.82) is 0 Å². The van der Waals surface area contributed by atoms with E-state index in [4.69, 9.17) is 21.1 Å². The minimum absolute atomic E-state index is 0.0447. The van der Waals surface area contributed by atoms with Crippen molar-refractivity contribution < 1.29 is 22.7 Å². The highest BCUT2D eigenvalue weighted by molar-refractivity contribution is 7.92. The Balaban J connectivity index is 1.84. The lowest BCUT2D eigenvalue weighted by Gasteiger charge is -2.17. The van der Waals surface area contributed by atoms with Crippen LogP contribution in [0, 0.1) is 13.8 Å². The number of aryl methyl sites for hydroxylation is 2. The summed E-state index contributed by atoms with van der Waals surface area (Å²) in [5.74, 6) is 0.811. The number of thiazole rings is 1. The summed E-state index contributed by atoms with van der Waals surface area (Å²) in [6.45, 7) is 5.13. The number of aromatic nitrogens is 1. The number of nitrogens with one attached hydrogen (secondary N) is 2. The second-order valence-corrected chi connectivity index (χ2v) is 11.6. The maximum Gasteiger partial charge on any atom is 0.262 e. The number of anilines is 2. The van der Waals surface area contributed by atoms with Crippen molar-refractivity contribution in [2.45, 2.75) is 32.1 Å². The summed E-state index contributed by atoms with van der Waals surface area (Å²) in [5.41, 5.74) is 3.02. The SMILES string of the molecule is CNc1nc2ccc(Oc3cc(Cl)c(CC(C)=O)cc3OC)c(NS(=O)(=O)c3ccc(C)cc3C)c2s1. The molecule has 194 valence electrons. The molecule has 0 aliphatic rings. The van der Waals surface area contributed by atoms with Crippen LogP contribution in [0.4, 0.5) is 10.8 Å². The maximum atomic E-state index is 13.5. The van der Waals surface area contributed by atoms with Gasteiger partial charge in [-0.2, -0.15) is 0 Å². The molecule has 0 aliphatic carbocycles. The normalized spacial score (nSPS) is 11.4. The molecule has 4 aromatic rings. The molecule has 0 spiro atoms. The van der Waals surface area contributed by atoms with E-state index in [2.05, 4.69) is 15.0 Å². The number of nitrogens with zero attached hydrogens (tertiary/aromatic N) is 1. The van der Waals surface area contributed by atoms with Gasteiger partial charge in [-0.3, -0.25) is 9.52 Å². The van der Waals surface area contributed by atoms with Crippen molar-refractivity contribution in [3.8, 4) is 17.2 Å². The monoisotopic (exact) mass is 559 g/mol. The molecule has 4 rings (SSSR count). The number of benzene rings is 3. The number of fused-ring (bicyclic) bond motifs is 1. The quantitative estimate of drug-likeness (QED) is 0.246. The molecule has 1 aromatic heterocycles. The maximum absolute atomic E-state index is 13.5. The predicted molar refractivity (Wildman–Crippen MR) is 148 cm³/mol. The molecule has 11 heteroatoms. The van der Waals surface area contributed by atoms with Gasteiger partial charge in [-0.1, -0.05) is 40.6 Å². The summed E-state index contributed by atoms with van der Waals surface area (Å²) < 4.78 is 42.0. The lowest BCUT2D eigenvalue weighted by Crippen LogP contribution is -2.15. The third kappa shape index (κ3) is 5.66. The lowest BCUT2D eigenvalue weighted by molar-refractivity contribution is -0.116. The molecule has 0 saturated heterocycles. The number of ether oxygens (including phenoxy) is 2. The van der Waals surface area contributed by atoms with E-state index in [-0.39, 0.29) is 34.3 Å². The van der Waals surface area contributed by atoms with Gasteiger partial charge in [-0.15, -0.1) is 0 Å². The first-order valence-corrected chi connectivity index (χ1v) is 13.9. The van der Waals surface area contributed by atoms with Crippen LogP contribution in [0.2, 0.25) is 5.02 Å². The molecule has 3 aromatic carbocycles. The molecular weight excluding hydrogens is 534 g/mol. The fourth-order valence-electron chi connectivity index (χ4n) is 3.89. The summed E-state index contributed by atoms with van der Waals surface area (Å²) in [5, 5.41) is 3.95. The smallest absolute Gasteiger partial charge is 0.262 e.